The zero-order valence-corrected chi connectivity index (χ0v) is 12.3. The van der Waals surface area contributed by atoms with E-state index in [9.17, 15) is 4.79 Å². The maximum atomic E-state index is 12.1. The summed E-state index contributed by atoms with van der Waals surface area (Å²) in [7, 11) is 2.84. The van der Waals surface area contributed by atoms with Crippen molar-refractivity contribution in [1.29, 1.82) is 0 Å². The molecule has 1 aromatic carbocycles. The van der Waals surface area contributed by atoms with E-state index in [0.29, 0.717) is 28.3 Å². The van der Waals surface area contributed by atoms with Crippen LogP contribution >= 0.6 is 0 Å². The maximum absolute atomic E-state index is 12.1. The van der Waals surface area contributed by atoms with Gasteiger partial charge in [-0.25, -0.2) is 14.4 Å². The summed E-state index contributed by atoms with van der Waals surface area (Å²) < 4.78 is 14.7. The van der Waals surface area contributed by atoms with Crippen molar-refractivity contribution >= 4 is 23.0 Å². The van der Waals surface area contributed by atoms with E-state index >= 15 is 0 Å². The minimum atomic E-state index is -0.457. The zero-order valence-electron chi connectivity index (χ0n) is 12.3. The van der Waals surface area contributed by atoms with Crippen LogP contribution in [0.5, 0.6) is 0 Å². The fourth-order valence-electron chi connectivity index (χ4n) is 2.36. The van der Waals surface area contributed by atoms with Gasteiger partial charge < -0.3 is 14.8 Å². The van der Waals surface area contributed by atoms with Gasteiger partial charge in [0.2, 0.25) is 0 Å². The number of allylic oxidation sites excluding steroid dienone is 1. The van der Waals surface area contributed by atoms with Crippen LogP contribution in [0.4, 0.5) is 0 Å². The van der Waals surface area contributed by atoms with Crippen LogP contribution in [0.3, 0.4) is 0 Å². The first-order valence-electron chi connectivity index (χ1n) is 6.54. The van der Waals surface area contributed by atoms with Gasteiger partial charge in [0, 0.05) is 0 Å². The van der Waals surface area contributed by atoms with Crippen molar-refractivity contribution in [1.82, 2.24) is 15.6 Å². The third-order valence-corrected chi connectivity index (χ3v) is 3.43. The van der Waals surface area contributed by atoms with E-state index in [1.165, 1.54) is 14.2 Å². The number of aromatic nitrogens is 2. The third-order valence-electron chi connectivity index (χ3n) is 3.43. The molecule has 22 heavy (non-hydrogen) atoms. The first kappa shape index (κ1) is 14.1. The predicted octanol–water partition coefficient (Wildman–Crippen LogP) is 1.32. The molecule has 1 aliphatic rings. The Hall–Kier alpha value is -2.90. The summed E-state index contributed by atoms with van der Waals surface area (Å²) in [4.78, 5) is 16.3. The smallest absolute Gasteiger partial charge is 0.338 e. The van der Waals surface area contributed by atoms with Gasteiger partial charge in [-0.1, -0.05) is 6.07 Å². The largest absolute Gasteiger partial charge is 0.468 e. The molecule has 0 aliphatic carbocycles. The number of rotatable bonds is 2. The standard InChI is InChI=1S/C14H14N4O4/c1-7-11(13(19)20-2)12(16-14(15-7)21-3)8-4-5-9-10(6-8)18-22-17-9/h4-6,12H,1-3H3,(H,15,16). The Kier molecular flexibility index (Phi) is 3.50. The second kappa shape index (κ2) is 5.47. The molecule has 0 saturated heterocycles. The normalized spacial score (nSPS) is 18.0. The van der Waals surface area contributed by atoms with E-state index in [-0.39, 0.29) is 0 Å². The summed E-state index contributed by atoms with van der Waals surface area (Å²) in [5, 5.41) is 10.6. The summed E-state index contributed by atoms with van der Waals surface area (Å²) in [5.74, 6) is -0.452. The van der Waals surface area contributed by atoms with Crippen molar-refractivity contribution in [2.24, 2.45) is 4.99 Å². The number of nitrogens with zero attached hydrogens (tertiary/aromatic N) is 3. The molecule has 2 heterocycles. The summed E-state index contributed by atoms with van der Waals surface area (Å²) in [6.07, 6.45) is 0. The quantitative estimate of drug-likeness (QED) is 0.835. The number of methoxy groups -OCH3 is 2. The average molecular weight is 302 g/mol. The van der Waals surface area contributed by atoms with E-state index in [1.54, 1.807) is 19.1 Å². The molecular weight excluding hydrogens is 288 g/mol. The number of carbonyl (C=O) groups excluding carboxylic acids is 1. The van der Waals surface area contributed by atoms with E-state index < -0.39 is 12.0 Å². The maximum Gasteiger partial charge on any atom is 0.338 e. The molecule has 1 atom stereocenters. The molecule has 3 rings (SSSR count). The molecule has 8 heteroatoms. The fourth-order valence-corrected chi connectivity index (χ4v) is 2.36. The van der Waals surface area contributed by atoms with Crippen LogP contribution in [0.1, 0.15) is 18.5 Å². The van der Waals surface area contributed by atoms with Crippen LogP contribution in [-0.4, -0.2) is 36.5 Å². The lowest BCUT2D eigenvalue weighted by atomic mass is 9.96. The molecule has 1 aromatic heterocycles. The molecule has 1 N–H and O–H groups in total. The molecule has 0 spiro atoms. The summed E-state index contributed by atoms with van der Waals surface area (Å²) in [5.41, 5.74) is 2.99. The zero-order chi connectivity index (χ0) is 15.7. The molecule has 0 amide bonds. The highest BCUT2D eigenvalue weighted by Crippen LogP contribution is 2.30. The van der Waals surface area contributed by atoms with Crippen molar-refractivity contribution in [3.8, 4) is 0 Å². The van der Waals surface area contributed by atoms with E-state index in [1.807, 2.05) is 6.07 Å². The lowest BCUT2D eigenvalue weighted by molar-refractivity contribution is -0.136. The molecule has 0 saturated carbocycles. The Balaban J connectivity index is 2.10. The molecule has 114 valence electrons. The highest BCUT2D eigenvalue weighted by molar-refractivity contribution is 5.94. The lowest BCUT2D eigenvalue weighted by Crippen LogP contribution is -2.36. The van der Waals surface area contributed by atoms with Crippen LogP contribution in [0.25, 0.3) is 11.0 Å². The molecule has 1 unspecified atom stereocenters. The van der Waals surface area contributed by atoms with E-state index in [4.69, 9.17) is 14.1 Å². The summed E-state index contributed by atoms with van der Waals surface area (Å²) >= 11 is 0. The molecule has 0 bridgehead atoms. The van der Waals surface area contributed by atoms with Crippen LogP contribution in [0, 0.1) is 0 Å². The van der Waals surface area contributed by atoms with Crippen molar-refractivity contribution in [3.63, 3.8) is 0 Å². The number of esters is 1. The number of hydrogen-bond acceptors (Lipinski definition) is 8. The molecular formula is C14H14N4O4. The van der Waals surface area contributed by atoms with Gasteiger partial charge in [0.15, 0.2) is 0 Å². The second-order valence-corrected chi connectivity index (χ2v) is 4.70. The molecule has 0 radical (unpaired) electrons. The van der Waals surface area contributed by atoms with Gasteiger partial charge in [-0.15, -0.1) is 0 Å². The summed E-state index contributed by atoms with van der Waals surface area (Å²) in [6.45, 7) is 1.73. The second-order valence-electron chi connectivity index (χ2n) is 4.70. The Morgan fingerprint density at radius 3 is 2.77 bits per heavy atom. The number of fused-ring (bicyclic) bond motifs is 1. The van der Waals surface area contributed by atoms with Gasteiger partial charge in [-0.2, -0.15) is 0 Å². The third kappa shape index (κ3) is 2.28. The van der Waals surface area contributed by atoms with Crippen molar-refractivity contribution in [3.05, 3.63) is 35.0 Å². The molecule has 2 aromatic rings. The van der Waals surface area contributed by atoms with Gasteiger partial charge in [0.1, 0.15) is 11.0 Å². The molecule has 0 fully saturated rings. The number of ether oxygens (including phenoxy) is 2. The Morgan fingerprint density at radius 2 is 2.05 bits per heavy atom. The van der Waals surface area contributed by atoms with Gasteiger partial charge >= 0.3 is 5.97 Å². The highest BCUT2D eigenvalue weighted by atomic mass is 16.6. The number of aliphatic imine (C=N–C) groups is 1. The van der Waals surface area contributed by atoms with Gasteiger partial charge in [-0.05, 0) is 34.9 Å². The minimum absolute atomic E-state index is 0.327. The van der Waals surface area contributed by atoms with Crippen LogP contribution < -0.4 is 5.32 Å². The first-order valence-corrected chi connectivity index (χ1v) is 6.54. The van der Waals surface area contributed by atoms with Crippen LogP contribution in [0.15, 0.2) is 39.1 Å². The van der Waals surface area contributed by atoms with Crippen molar-refractivity contribution in [2.45, 2.75) is 13.0 Å². The fraction of sp³-hybridized carbons (Fsp3) is 0.286. The van der Waals surface area contributed by atoms with Crippen molar-refractivity contribution in [2.75, 3.05) is 14.2 Å². The first-order chi connectivity index (χ1) is 10.6. The Labute approximate surface area is 125 Å². The lowest BCUT2D eigenvalue weighted by Gasteiger charge is -2.26. The Bertz CT molecular complexity index is 793. The van der Waals surface area contributed by atoms with Crippen molar-refractivity contribution < 1.29 is 18.9 Å². The Morgan fingerprint density at radius 1 is 1.27 bits per heavy atom. The number of carbonyl (C=O) groups is 1. The number of hydrogen-bond donors (Lipinski definition) is 1. The van der Waals surface area contributed by atoms with E-state index in [2.05, 4.69) is 20.6 Å². The monoisotopic (exact) mass is 302 g/mol. The topological polar surface area (TPSA) is 98.8 Å². The molecule has 8 nitrogen and oxygen atoms in total. The summed E-state index contributed by atoms with van der Waals surface area (Å²) in [6, 6.07) is 5.26. The highest BCUT2D eigenvalue weighted by Gasteiger charge is 2.31. The van der Waals surface area contributed by atoms with E-state index in [0.717, 1.165) is 5.56 Å². The number of benzene rings is 1. The number of amidine groups is 1. The predicted molar refractivity (Wildman–Crippen MR) is 76.8 cm³/mol. The van der Waals surface area contributed by atoms with Crippen LogP contribution in [0.2, 0.25) is 0 Å². The minimum Gasteiger partial charge on any atom is -0.468 e. The SMILES string of the molecule is COC(=O)C1=C(C)N=C(OC)NC1c1ccc2nonc2c1. The van der Waals surface area contributed by atoms with Gasteiger partial charge in [0.05, 0.1) is 31.5 Å². The van der Waals surface area contributed by atoms with Gasteiger partial charge in [0.25, 0.3) is 6.02 Å². The molecule has 1 aliphatic heterocycles. The average Bonchev–Trinajstić information content (AvgIpc) is 3.00. The number of nitrogens with one attached hydrogen (secondary N) is 1. The van der Waals surface area contributed by atoms with Crippen LogP contribution in [-0.2, 0) is 14.3 Å². The van der Waals surface area contributed by atoms with Gasteiger partial charge in [-0.3, -0.25) is 0 Å².